The predicted octanol–water partition coefficient (Wildman–Crippen LogP) is 3.38. The van der Waals surface area contributed by atoms with Crippen LogP contribution in [0.15, 0.2) is 0 Å². The second-order valence-electron chi connectivity index (χ2n) is 4.92. The van der Waals surface area contributed by atoms with Crippen molar-refractivity contribution in [2.24, 2.45) is 5.92 Å². The molecule has 1 saturated carbocycles. The summed E-state index contributed by atoms with van der Waals surface area (Å²) in [6.45, 7) is 2.48. The Balaban J connectivity index is 0.00000112. The van der Waals surface area contributed by atoms with Crippen LogP contribution in [0.5, 0.6) is 0 Å². The fraction of sp³-hybridized carbons (Fsp3) is 1.00. The highest BCUT2D eigenvalue weighted by atomic mass is 35.5. The Hall–Kier alpha value is 0.110. The van der Waals surface area contributed by atoms with Crippen molar-refractivity contribution in [3.63, 3.8) is 0 Å². The minimum atomic E-state index is -2.51. The van der Waals surface area contributed by atoms with Crippen LogP contribution >= 0.6 is 12.4 Å². The first-order valence-electron chi connectivity index (χ1n) is 5.69. The monoisotopic (exact) mass is 239 g/mol. The van der Waals surface area contributed by atoms with E-state index in [-0.39, 0.29) is 24.7 Å². The van der Waals surface area contributed by atoms with Crippen LogP contribution in [-0.4, -0.2) is 18.0 Å². The van der Waals surface area contributed by atoms with Gasteiger partial charge in [0.1, 0.15) is 0 Å². The largest absolute Gasteiger partial charge is 0.306 e. The zero-order valence-corrected chi connectivity index (χ0v) is 10.0. The van der Waals surface area contributed by atoms with Crippen molar-refractivity contribution < 1.29 is 8.78 Å². The molecule has 0 aromatic heterocycles. The highest BCUT2D eigenvalue weighted by Crippen LogP contribution is 2.46. The van der Waals surface area contributed by atoms with Crippen LogP contribution in [0.3, 0.4) is 0 Å². The lowest BCUT2D eigenvalue weighted by molar-refractivity contribution is -0.128. The van der Waals surface area contributed by atoms with Crippen molar-refractivity contribution in [2.45, 2.75) is 56.9 Å². The zero-order valence-electron chi connectivity index (χ0n) is 9.19. The van der Waals surface area contributed by atoms with Gasteiger partial charge in [-0.25, -0.2) is 8.78 Å². The summed E-state index contributed by atoms with van der Waals surface area (Å²) in [6.07, 6.45) is 4.86. The summed E-state index contributed by atoms with van der Waals surface area (Å²) in [7, 11) is 0. The van der Waals surface area contributed by atoms with Crippen molar-refractivity contribution in [1.82, 2.24) is 5.32 Å². The summed E-state index contributed by atoms with van der Waals surface area (Å²) in [5.41, 5.74) is -0.929. The highest BCUT2D eigenvalue weighted by Gasteiger charge is 2.55. The van der Waals surface area contributed by atoms with E-state index in [1.807, 2.05) is 0 Å². The van der Waals surface area contributed by atoms with Gasteiger partial charge in [0.25, 0.3) is 5.92 Å². The van der Waals surface area contributed by atoms with Crippen LogP contribution < -0.4 is 5.32 Å². The molecule has 1 aliphatic carbocycles. The molecule has 1 heterocycles. The average molecular weight is 240 g/mol. The van der Waals surface area contributed by atoms with E-state index < -0.39 is 11.5 Å². The maximum atomic E-state index is 13.8. The van der Waals surface area contributed by atoms with Crippen LogP contribution in [0.1, 0.15) is 45.4 Å². The SMILES string of the molecule is CC1(C2CCCC2)NCCCC1(F)F.Cl. The molecule has 1 atom stereocenters. The number of piperidine rings is 1. The van der Waals surface area contributed by atoms with E-state index in [2.05, 4.69) is 5.32 Å². The highest BCUT2D eigenvalue weighted by molar-refractivity contribution is 5.85. The molecule has 1 unspecified atom stereocenters. The van der Waals surface area contributed by atoms with E-state index in [9.17, 15) is 8.78 Å². The molecule has 0 amide bonds. The fourth-order valence-electron chi connectivity index (χ4n) is 2.99. The molecule has 1 saturated heterocycles. The van der Waals surface area contributed by atoms with E-state index >= 15 is 0 Å². The minimum Gasteiger partial charge on any atom is -0.306 e. The van der Waals surface area contributed by atoms with Gasteiger partial charge in [0.2, 0.25) is 0 Å². The van der Waals surface area contributed by atoms with Crippen LogP contribution in [0.25, 0.3) is 0 Å². The van der Waals surface area contributed by atoms with E-state index in [0.29, 0.717) is 6.42 Å². The number of hydrogen-bond acceptors (Lipinski definition) is 1. The fourth-order valence-corrected chi connectivity index (χ4v) is 2.99. The first kappa shape index (κ1) is 13.2. The number of hydrogen-bond donors (Lipinski definition) is 1. The van der Waals surface area contributed by atoms with Gasteiger partial charge in [-0.15, -0.1) is 12.4 Å². The molecule has 1 nitrogen and oxygen atoms in total. The second-order valence-corrected chi connectivity index (χ2v) is 4.92. The summed E-state index contributed by atoms with van der Waals surface area (Å²) < 4.78 is 27.7. The molecule has 1 N–H and O–H groups in total. The van der Waals surface area contributed by atoms with E-state index in [1.54, 1.807) is 6.92 Å². The topological polar surface area (TPSA) is 12.0 Å². The average Bonchev–Trinajstić information content (AvgIpc) is 2.63. The molecule has 0 radical (unpaired) electrons. The van der Waals surface area contributed by atoms with Crippen molar-refractivity contribution in [3.8, 4) is 0 Å². The summed E-state index contributed by atoms with van der Waals surface area (Å²) in [5, 5.41) is 3.08. The number of nitrogens with one attached hydrogen (secondary N) is 1. The summed E-state index contributed by atoms with van der Waals surface area (Å²) in [5.74, 6) is -2.34. The van der Waals surface area contributed by atoms with Crippen molar-refractivity contribution in [2.75, 3.05) is 6.54 Å². The van der Waals surface area contributed by atoms with Gasteiger partial charge in [-0.2, -0.15) is 0 Å². The van der Waals surface area contributed by atoms with Gasteiger partial charge in [-0.1, -0.05) is 12.8 Å². The minimum absolute atomic E-state index is 0. The van der Waals surface area contributed by atoms with Crippen LogP contribution in [0, 0.1) is 5.92 Å². The first-order chi connectivity index (χ1) is 6.56. The van der Waals surface area contributed by atoms with Crippen molar-refractivity contribution in [3.05, 3.63) is 0 Å². The van der Waals surface area contributed by atoms with Gasteiger partial charge in [0, 0.05) is 6.42 Å². The van der Waals surface area contributed by atoms with Crippen molar-refractivity contribution >= 4 is 12.4 Å². The second kappa shape index (κ2) is 4.54. The predicted molar refractivity (Wildman–Crippen MR) is 59.8 cm³/mol. The lowest BCUT2D eigenvalue weighted by Crippen LogP contribution is -2.63. The summed E-state index contributed by atoms with van der Waals surface area (Å²) >= 11 is 0. The molecular formula is C11H20ClF2N. The van der Waals surface area contributed by atoms with E-state index in [4.69, 9.17) is 0 Å². The Labute approximate surface area is 96.4 Å². The third-order valence-corrected chi connectivity index (χ3v) is 4.09. The van der Waals surface area contributed by atoms with E-state index in [0.717, 1.165) is 32.2 Å². The molecule has 1 aliphatic heterocycles. The zero-order chi connectivity index (χ0) is 10.2. The molecule has 0 spiro atoms. The van der Waals surface area contributed by atoms with Gasteiger partial charge >= 0.3 is 0 Å². The van der Waals surface area contributed by atoms with Gasteiger partial charge in [0.15, 0.2) is 0 Å². The van der Waals surface area contributed by atoms with Crippen LogP contribution in [0.4, 0.5) is 8.78 Å². The number of halogens is 3. The van der Waals surface area contributed by atoms with Gasteiger partial charge in [0.05, 0.1) is 5.54 Å². The Morgan fingerprint density at radius 2 is 1.73 bits per heavy atom. The molecule has 0 aromatic carbocycles. The third kappa shape index (κ3) is 2.14. The maximum Gasteiger partial charge on any atom is 0.265 e. The van der Waals surface area contributed by atoms with Crippen LogP contribution in [0.2, 0.25) is 0 Å². The molecule has 4 heteroatoms. The first-order valence-corrected chi connectivity index (χ1v) is 5.69. The standard InChI is InChI=1S/C11H19F2N.ClH/c1-10(9-5-2-3-6-9)11(12,13)7-4-8-14-10;/h9,14H,2-8H2,1H3;1H. The molecule has 15 heavy (non-hydrogen) atoms. The molecular weight excluding hydrogens is 220 g/mol. The maximum absolute atomic E-state index is 13.8. The number of alkyl halides is 2. The van der Waals surface area contributed by atoms with Gasteiger partial charge < -0.3 is 5.32 Å². The van der Waals surface area contributed by atoms with Gasteiger partial charge in [-0.05, 0) is 38.6 Å². The molecule has 2 aliphatic rings. The lowest BCUT2D eigenvalue weighted by atomic mass is 9.75. The number of rotatable bonds is 1. The summed E-state index contributed by atoms with van der Waals surface area (Å²) in [4.78, 5) is 0. The molecule has 0 aromatic rings. The quantitative estimate of drug-likeness (QED) is 0.740. The summed E-state index contributed by atoms with van der Waals surface area (Å²) in [6, 6.07) is 0. The van der Waals surface area contributed by atoms with Crippen molar-refractivity contribution in [1.29, 1.82) is 0 Å². The smallest absolute Gasteiger partial charge is 0.265 e. The Bertz CT molecular complexity index is 217. The van der Waals surface area contributed by atoms with E-state index in [1.165, 1.54) is 0 Å². The lowest BCUT2D eigenvalue weighted by Gasteiger charge is -2.46. The molecule has 0 bridgehead atoms. The molecule has 2 fully saturated rings. The Morgan fingerprint density at radius 1 is 1.13 bits per heavy atom. The molecule has 2 rings (SSSR count). The normalized spacial score (nSPS) is 36.2. The third-order valence-electron chi connectivity index (χ3n) is 4.09. The van der Waals surface area contributed by atoms with Crippen LogP contribution in [-0.2, 0) is 0 Å². The molecule has 90 valence electrons. The van der Waals surface area contributed by atoms with Gasteiger partial charge in [-0.3, -0.25) is 0 Å². The Morgan fingerprint density at radius 3 is 2.27 bits per heavy atom. The Kier molecular flexibility index (Phi) is 3.99.